The van der Waals surface area contributed by atoms with E-state index in [0.29, 0.717) is 18.4 Å². The van der Waals surface area contributed by atoms with Gasteiger partial charge in [0.25, 0.3) is 0 Å². The number of aromatic nitrogens is 3. The van der Waals surface area contributed by atoms with Crippen LogP contribution in [-0.4, -0.2) is 83.5 Å². The van der Waals surface area contributed by atoms with Crippen LogP contribution in [0.25, 0.3) is 11.0 Å². The topological polar surface area (TPSA) is 118 Å². The fraction of sp³-hybridized carbons (Fsp3) is 0.433. The lowest BCUT2D eigenvalue weighted by Crippen LogP contribution is -2.55. The van der Waals surface area contributed by atoms with Gasteiger partial charge in [0, 0.05) is 11.8 Å². The van der Waals surface area contributed by atoms with Gasteiger partial charge in [-0.3, -0.25) is 14.4 Å². The Labute approximate surface area is 242 Å². The number of thioether (sulfide) groups is 1. The Bertz CT molecular complexity index is 1480. The van der Waals surface area contributed by atoms with Crippen molar-refractivity contribution in [1.82, 2.24) is 24.8 Å². The number of hydrogen-bond acceptors (Lipinski definition) is 8. The Hall–Kier alpha value is -3.70. The van der Waals surface area contributed by atoms with Gasteiger partial charge in [0.05, 0.1) is 41.4 Å². The minimum atomic E-state index is -0.901. The number of fused-ring (bicyclic) bond motifs is 2. The highest BCUT2D eigenvalue weighted by molar-refractivity contribution is 8.02. The molecule has 2 bridgehead atoms. The predicted octanol–water partition coefficient (Wildman–Crippen LogP) is 2.79. The van der Waals surface area contributed by atoms with Crippen LogP contribution in [0.15, 0.2) is 67.3 Å². The first-order valence-corrected chi connectivity index (χ1v) is 14.8. The van der Waals surface area contributed by atoms with Gasteiger partial charge in [-0.2, -0.15) is 0 Å². The molecule has 214 valence electrons. The molecule has 10 nitrogen and oxygen atoms in total. The first-order valence-electron chi connectivity index (χ1n) is 14.0. The van der Waals surface area contributed by atoms with Gasteiger partial charge in [0.15, 0.2) is 0 Å². The van der Waals surface area contributed by atoms with Crippen molar-refractivity contribution >= 4 is 40.6 Å². The molecule has 3 aromatic rings. The summed E-state index contributed by atoms with van der Waals surface area (Å²) in [5.41, 5.74) is 2.21. The van der Waals surface area contributed by atoms with Crippen LogP contribution in [0.2, 0.25) is 0 Å². The first-order chi connectivity index (χ1) is 19.9. The highest BCUT2D eigenvalue weighted by Gasteiger charge is 2.75. The lowest BCUT2D eigenvalue weighted by Gasteiger charge is -2.39. The molecule has 2 amide bonds. The number of likely N-dealkylation sites (tertiary alicyclic amines) is 1. The van der Waals surface area contributed by atoms with Gasteiger partial charge in [-0.15, -0.1) is 23.4 Å². The number of ether oxygens (including phenoxy) is 1. The van der Waals surface area contributed by atoms with E-state index in [4.69, 9.17) is 4.74 Å². The molecular weight excluding hydrogens is 542 g/mol. The number of hydrogen-bond donors (Lipinski definition) is 1. The van der Waals surface area contributed by atoms with E-state index in [1.165, 1.54) is 0 Å². The molecule has 0 radical (unpaired) electrons. The molecule has 1 aromatic heterocycles. The number of aliphatic hydroxyl groups excluding tert-OH is 1. The summed E-state index contributed by atoms with van der Waals surface area (Å²) >= 11 is 1.57. The number of carbonyl (C=O) groups excluding carboxylic acids is 3. The van der Waals surface area contributed by atoms with Crippen LogP contribution >= 0.6 is 11.8 Å². The molecule has 2 aromatic carbocycles. The maximum absolute atomic E-state index is 14.7. The zero-order valence-electron chi connectivity index (χ0n) is 22.8. The van der Waals surface area contributed by atoms with Crippen molar-refractivity contribution in [2.45, 2.75) is 48.5 Å². The normalized spacial score (nSPS) is 27.2. The van der Waals surface area contributed by atoms with E-state index in [1.54, 1.807) is 39.2 Å². The number of benzene rings is 2. The number of aliphatic hydroxyl groups is 1. The van der Waals surface area contributed by atoms with Crippen LogP contribution in [-0.2, 0) is 25.8 Å². The second-order valence-electron chi connectivity index (χ2n) is 10.7. The Morgan fingerprint density at radius 1 is 1.24 bits per heavy atom. The van der Waals surface area contributed by atoms with Gasteiger partial charge in [0.2, 0.25) is 11.8 Å². The fourth-order valence-corrected chi connectivity index (χ4v) is 9.16. The average Bonchev–Trinajstić information content (AvgIpc) is 3.74. The lowest BCUT2D eigenvalue weighted by atomic mass is 9.71. The maximum Gasteiger partial charge on any atom is 0.310 e. The molecule has 3 saturated heterocycles. The molecule has 0 saturated carbocycles. The molecule has 3 fully saturated rings. The average molecular weight is 576 g/mol. The third-order valence-electron chi connectivity index (χ3n) is 8.61. The third-order valence-corrected chi connectivity index (χ3v) is 10.6. The third kappa shape index (κ3) is 4.33. The Morgan fingerprint density at radius 3 is 2.73 bits per heavy atom. The predicted molar refractivity (Wildman–Crippen MR) is 153 cm³/mol. The summed E-state index contributed by atoms with van der Waals surface area (Å²) in [5.74, 6) is -2.30. The summed E-state index contributed by atoms with van der Waals surface area (Å²) in [6.45, 7) is 5.80. The zero-order valence-corrected chi connectivity index (χ0v) is 23.7. The van der Waals surface area contributed by atoms with Crippen molar-refractivity contribution in [2.75, 3.05) is 19.8 Å². The van der Waals surface area contributed by atoms with E-state index in [-0.39, 0.29) is 43.5 Å². The Balaban J connectivity index is 1.44. The van der Waals surface area contributed by atoms with Crippen LogP contribution in [0.4, 0.5) is 0 Å². The van der Waals surface area contributed by atoms with Crippen molar-refractivity contribution in [3.63, 3.8) is 0 Å². The first kappa shape index (κ1) is 27.5. The SMILES string of the molecule is C=CCN(Cn1nnc2ccccc21)C(=O)C1N([C@H](CO)c2ccccc2)C(=O)[C@@H]2[C@H](C(=O)OCC)[C@@H]3CCC12S3. The molecule has 1 N–H and O–H groups in total. The number of nitrogens with zero attached hydrogens (tertiary/aromatic N) is 5. The monoisotopic (exact) mass is 575 g/mol. The largest absolute Gasteiger partial charge is 0.466 e. The molecule has 3 aliphatic rings. The van der Waals surface area contributed by atoms with Gasteiger partial charge >= 0.3 is 5.97 Å². The minimum Gasteiger partial charge on any atom is -0.466 e. The van der Waals surface area contributed by atoms with Crippen molar-refractivity contribution in [2.24, 2.45) is 11.8 Å². The summed E-state index contributed by atoms with van der Waals surface area (Å²) in [6, 6.07) is 15.1. The van der Waals surface area contributed by atoms with E-state index in [1.807, 2.05) is 54.6 Å². The lowest BCUT2D eigenvalue weighted by molar-refractivity contribution is -0.154. The van der Waals surface area contributed by atoms with Gasteiger partial charge in [-0.25, -0.2) is 4.68 Å². The summed E-state index contributed by atoms with van der Waals surface area (Å²) in [5, 5.41) is 19.1. The number of rotatable bonds is 10. The number of esters is 1. The second-order valence-corrected chi connectivity index (χ2v) is 12.3. The van der Waals surface area contributed by atoms with Gasteiger partial charge < -0.3 is 19.6 Å². The summed E-state index contributed by atoms with van der Waals surface area (Å²) in [7, 11) is 0. The summed E-state index contributed by atoms with van der Waals surface area (Å²) < 4.78 is 6.28. The number of amides is 2. The van der Waals surface area contributed by atoms with E-state index in [0.717, 1.165) is 11.1 Å². The fourth-order valence-electron chi connectivity index (χ4n) is 6.97. The number of carbonyl (C=O) groups is 3. The standard InChI is InChI=1S/C30H33N5O5S/c1-3-16-33(18-34-21-13-9-8-12-20(21)31-32-34)28(38)26-30-15-14-23(41-30)24(29(39)40-4-2)25(30)27(37)35(26)22(17-36)19-10-6-5-7-11-19/h3,5-13,22-26,36H,1,4,14-18H2,2H3/t22-,23+,24-,25+,26?,30?/m1/s1. The second kappa shape index (κ2) is 10.9. The number of para-hydroxylation sites is 1. The van der Waals surface area contributed by atoms with Crippen LogP contribution < -0.4 is 0 Å². The molecule has 6 atom stereocenters. The van der Waals surface area contributed by atoms with E-state index >= 15 is 0 Å². The Kier molecular flexibility index (Phi) is 7.33. The van der Waals surface area contributed by atoms with E-state index in [9.17, 15) is 19.5 Å². The van der Waals surface area contributed by atoms with Crippen molar-refractivity contribution in [3.05, 3.63) is 72.8 Å². The summed E-state index contributed by atoms with van der Waals surface area (Å²) in [4.78, 5) is 45.6. The molecule has 11 heteroatoms. The molecule has 3 aliphatic heterocycles. The van der Waals surface area contributed by atoms with Crippen molar-refractivity contribution < 1.29 is 24.2 Å². The van der Waals surface area contributed by atoms with Crippen LogP contribution in [0, 0.1) is 11.8 Å². The molecular formula is C30H33N5O5S. The van der Waals surface area contributed by atoms with Gasteiger partial charge in [0.1, 0.15) is 18.2 Å². The summed E-state index contributed by atoms with van der Waals surface area (Å²) in [6.07, 6.45) is 2.97. The van der Waals surface area contributed by atoms with E-state index < -0.39 is 34.6 Å². The minimum absolute atomic E-state index is 0.100. The molecule has 1 spiro atoms. The zero-order chi connectivity index (χ0) is 28.7. The van der Waals surface area contributed by atoms with Crippen molar-refractivity contribution in [1.29, 1.82) is 0 Å². The smallest absolute Gasteiger partial charge is 0.310 e. The molecule has 41 heavy (non-hydrogen) atoms. The van der Waals surface area contributed by atoms with Gasteiger partial charge in [-0.1, -0.05) is 53.8 Å². The molecule has 4 heterocycles. The Morgan fingerprint density at radius 2 is 2.00 bits per heavy atom. The van der Waals surface area contributed by atoms with Crippen LogP contribution in [0.3, 0.4) is 0 Å². The molecule has 2 unspecified atom stereocenters. The van der Waals surface area contributed by atoms with Crippen molar-refractivity contribution in [3.8, 4) is 0 Å². The van der Waals surface area contributed by atoms with Gasteiger partial charge in [-0.05, 0) is 37.5 Å². The van der Waals surface area contributed by atoms with Crippen LogP contribution in [0.5, 0.6) is 0 Å². The molecule has 6 rings (SSSR count). The van der Waals surface area contributed by atoms with E-state index in [2.05, 4.69) is 16.9 Å². The molecule has 0 aliphatic carbocycles. The highest BCUT2D eigenvalue weighted by Crippen LogP contribution is 2.67. The quantitative estimate of drug-likeness (QED) is 0.290. The highest BCUT2D eigenvalue weighted by atomic mass is 32.2. The van der Waals surface area contributed by atoms with Crippen LogP contribution in [0.1, 0.15) is 31.4 Å². The maximum atomic E-state index is 14.7.